The zero-order valence-corrected chi connectivity index (χ0v) is 15.0. The van der Waals surface area contributed by atoms with E-state index in [-0.39, 0.29) is 18.0 Å². The highest BCUT2D eigenvalue weighted by Gasteiger charge is 2.28. The molecular weight excluding hydrogens is 332 g/mol. The van der Waals surface area contributed by atoms with Crippen molar-refractivity contribution in [3.8, 4) is 0 Å². The van der Waals surface area contributed by atoms with Crippen LogP contribution in [0, 0.1) is 6.92 Å². The molecule has 1 aliphatic rings. The predicted molar refractivity (Wildman–Crippen MR) is 98.3 cm³/mol. The number of benzene rings is 1. The molecule has 0 spiro atoms. The molecule has 0 radical (unpaired) electrons. The number of carbonyl (C=O) groups is 2. The third-order valence-corrected chi connectivity index (χ3v) is 4.26. The third kappa shape index (κ3) is 4.40. The second-order valence-corrected chi connectivity index (χ2v) is 6.35. The van der Waals surface area contributed by atoms with Crippen molar-refractivity contribution in [3.05, 3.63) is 47.7 Å². The van der Waals surface area contributed by atoms with Gasteiger partial charge >= 0.3 is 6.03 Å². The Morgan fingerprint density at radius 1 is 1.35 bits per heavy atom. The van der Waals surface area contributed by atoms with Gasteiger partial charge in [0.15, 0.2) is 6.29 Å². The smallest absolute Gasteiger partial charge is 0.320 e. The third-order valence-electron chi connectivity index (χ3n) is 4.26. The molecule has 1 saturated heterocycles. The summed E-state index contributed by atoms with van der Waals surface area (Å²) >= 11 is 0. The number of aryl methyl sites for hydroxylation is 1. The molecular formula is C18H24N6O2. The van der Waals surface area contributed by atoms with Crippen molar-refractivity contribution in [1.82, 2.24) is 25.7 Å². The van der Waals surface area contributed by atoms with Crippen LogP contribution in [-0.4, -0.2) is 27.8 Å². The molecule has 0 bridgehead atoms. The minimum Gasteiger partial charge on any atom is -0.334 e. The van der Waals surface area contributed by atoms with Gasteiger partial charge in [-0.15, -0.1) is 0 Å². The molecule has 8 nitrogen and oxygen atoms in total. The van der Waals surface area contributed by atoms with E-state index >= 15 is 0 Å². The molecule has 3 rings (SSSR count). The number of rotatable bonds is 5. The van der Waals surface area contributed by atoms with Gasteiger partial charge in [0.1, 0.15) is 5.82 Å². The van der Waals surface area contributed by atoms with Crippen molar-refractivity contribution >= 4 is 17.8 Å². The summed E-state index contributed by atoms with van der Waals surface area (Å²) in [4.78, 5) is 24.2. The number of nitrogens with zero attached hydrogens (tertiary/aromatic N) is 2. The summed E-state index contributed by atoms with van der Waals surface area (Å²) in [5, 5.41) is 16.2. The summed E-state index contributed by atoms with van der Waals surface area (Å²) in [6.07, 6.45) is 0.789. The molecule has 1 aromatic carbocycles. The molecule has 3 amide bonds. The van der Waals surface area contributed by atoms with Gasteiger partial charge in [0.25, 0.3) is 0 Å². The zero-order chi connectivity index (χ0) is 18.5. The summed E-state index contributed by atoms with van der Waals surface area (Å²) in [7, 11) is 0. The maximum absolute atomic E-state index is 12.2. The number of hydrogen-bond acceptors (Lipinski definition) is 4. The van der Waals surface area contributed by atoms with Crippen LogP contribution >= 0.6 is 0 Å². The van der Waals surface area contributed by atoms with Crippen molar-refractivity contribution in [3.63, 3.8) is 0 Å². The number of urea groups is 1. The summed E-state index contributed by atoms with van der Waals surface area (Å²) in [5.74, 6) is 0.482. The quantitative estimate of drug-likeness (QED) is 0.657. The van der Waals surface area contributed by atoms with Crippen molar-refractivity contribution in [2.45, 2.75) is 45.6 Å². The molecule has 8 heteroatoms. The minimum atomic E-state index is -0.487. The molecule has 1 aliphatic heterocycles. The maximum atomic E-state index is 12.2. The first-order valence-electron chi connectivity index (χ1n) is 8.75. The minimum absolute atomic E-state index is 0.0340. The lowest BCUT2D eigenvalue weighted by Crippen LogP contribution is -2.53. The number of anilines is 1. The van der Waals surface area contributed by atoms with Crippen molar-refractivity contribution < 1.29 is 9.59 Å². The topological polar surface area (TPSA) is 100 Å². The van der Waals surface area contributed by atoms with E-state index in [1.54, 1.807) is 10.7 Å². The van der Waals surface area contributed by atoms with Gasteiger partial charge in [0, 0.05) is 25.1 Å². The Morgan fingerprint density at radius 3 is 2.85 bits per heavy atom. The Hall–Kier alpha value is -2.87. The number of hydrogen-bond donors (Lipinski definition) is 4. The fourth-order valence-corrected chi connectivity index (χ4v) is 2.90. The van der Waals surface area contributed by atoms with Gasteiger partial charge in [-0.25, -0.2) is 9.48 Å². The van der Waals surface area contributed by atoms with Gasteiger partial charge in [0.05, 0.1) is 5.69 Å². The van der Waals surface area contributed by atoms with E-state index in [0.717, 1.165) is 17.7 Å². The largest absolute Gasteiger partial charge is 0.334 e. The van der Waals surface area contributed by atoms with Crippen LogP contribution in [0.5, 0.6) is 0 Å². The van der Waals surface area contributed by atoms with Gasteiger partial charge in [-0.2, -0.15) is 5.10 Å². The Balaban J connectivity index is 1.66. The average molecular weight is 356 g/mol. The Kier molecular flexibility index (Phi) is 5.52. The molecule has 1 aromatic heterocycles. The molecule has 0 aliphatic carbocycles. The standard InChI is InChI=1S/C18H24N6O2/c1-3-14-10-16(25)22-17(20-14)24-15(9-12(2)23-24)21-18(26)19-11-13-7-5-4-6-8-13/h4-9,14,17,20H,3,10-11H2,1-2H3,(H,22,25)(H2,19,21,26). The predicted octanol–water partition coefficient (Wildman–Crippen LogP) is 1.86. The van der Waals surface area contributed by atoms with Gasteiger partial charge in [-0.05, 0) is 18.9 Å². The van der Waals surface area contributed by atoms with E-state index in [4.69, 9.17) is 0 Å². The maximum Gasteiger partial charge on any atom is 0.320 e. The van der Waals surface area contributed by atoms with Crippen LogP contribution in [0.3, 0.4) is 0 Å². The SMILES string of the molecule is CCC1CC(=O)NC(n2nc(C)cc2NC(=O)NCc2ccccc2)N1. The summed E-state index contributed by atoms with van der Waals surface area (Å²) in [6.45, 7) is 4.29. The van der Waals surface area contributed by atoms with Gasteiger partial charge in [0.2, 0.25) is 5.91 Å². The number of carbonyl (C=O) groups excluding carboxylic acids is 2. The monoisotopic (exact) mass is 356 g/mol. The molecule has 0 saturated carbocycles. The van der Waals surface area contributed by atoms with Crippen molar-refractivity contribution in [2.24, 2.45) is 0 Å². The van der Waals surface area contributed by atoms with E-state index in [2.05, 4.69) is 26.4 Å². The Bertz CT molecular complexity index is 773. The molecule has 4 N–H and O–H groups in total. The van der Waals surface area contributed by atoms with E-state index < -0.39 is 6.29 Å². The van der Waals surface area contributed by atoms with Gasteiger partial charge in [-0.1, -0.05) is 37.3 Å². The van der Waals surface area contributed by atoms with Crippen LogP contribution in [0.15, 0.2) is 36.4 Å². The first kappa shape index (κ1) is 17.9. The van der Waals surface area contributed by atoms with E-state index in [9.17, 15) is 9.59 Å². The Morgan fingerprint density at radius 2 is 2.12 bits per heavy atom. The lowest BCUT2D eigenvalue weighted by molar-refractivity contribution is -0.125. The van der Waals surface area contributed by atoms with Crippen LogP contribution in [0.2, 0.25) is 0 Å². The average Bonchev–Trinajstić information content (AvgIpc) is 3.00. The first-order chi connectivity index (χ1) is 12.5. The molecule has 26 heavy (non-hydrogen) atoms. The van der Waals surface area contributed by atoms with Crippen LogP contribution < -0.4 is 21.3 Å². The normalized spacial score (nSPS) is 19.7. The van der Waals surface area contributed by atoms with Gasteiger partial charge < -0.3 is 10.6 Å². The fraction of sp³-hybridized carbons (Fsp3) is 0.389. The second-order valence-electron chi connectivity index (χ2n) is 6.35. The lowest BCUT2D eigenvalue weighted by atomic mass is 10.1. The molecule has 2 aromatic rings. The van der Waals surface area contributed by atoms with Crippen molar-refractivity contribution in [2.75, 3.05) is 5.32 Å². The molecule has 138 valence electrons. The zero-order valence-electron chi connectivity index (χ0n) is 15.0. The van der Waals surface area contributed by atoms with Crippen LogP contribution in [0.25, 0.3) is 0 Å². The summed E-state index contributed by atoms with van der Waals surface area (Å²) < 4.78 is 1.59. The molecule has 2 unspecified atom stereocenters. The number of amides is 3. The number of aromatic nitrogens is 2. The van der Waals surface area contributed by atoms with Crippen LogP contribution in [-0.2, 0) is 11.3 Å². The highest BCUT2D eigenvalue weighted by atomic mass is 16.2. The van der Waals surface area contributed by atoms with Gasteiger partial charge in [-0.3, -0.25) is 15.4 Å². The lowest BCUT2D eigenvalue weighted by Gasteiger charge is -2.31. The molecule has 2 heterocycles. The summed E-state index contributed by atoms with van der Waals surface area (Å²) in [6, 6.07) is 11.2. The van der Waals surface area contributed by atoms with E-state index in [1.807, 2.05) is 44.2 Å². The second kappa shape index (κ2) is 8.01. The molecule has 1 fully saturated rings. The van der Waals surface area contributed by atoms with E-state index in [1.165, 1.54) is 0 Å². The first-order valence-corrected chi connectivity index (χ1v) is 8.75. The van der Waals surface area contributed by atoms with Crippen LogP contribution in [0.1, 0.15) is 37.3 Å². The highest BCUT2D eigenvalue weighted by Crippen LogP contribution is 2.18. The van der Waals surface area contributed by atoms with Crippen LogP contribution in [0.4, 0.5) is 10.6 Å². The van der Waals surface area contributed by atoms with Crippen molar-refractivity contribution in [1.29, 1.82) is 0 Å². The number of nitrogens with one attached hydrogen (secondary N) is 4. The molecule has 2 atom stereocenters. The Labute approximate surface area is 152 Å². The highest BCUT2D eigenvalue weighted by molar-refractivity contribution is 5.88. The fourth-order valence-electron chi connectivity index (χ4n) is 2.90. The summed E-state index contributed by atoms with van der Waals surface area (Å²) in [5.41, 5.74) is 1.76. The van der Waals surface area contributed by atoms with E-state index in [0.29, 0.717) is 18.8 Å².